The second-order valence-electron chi connectivity index (χ2n) is 4.88. The summed E-state index contributed by atoms with van der Waals surface area (Å²) in [5, 5.41) is 15.9. The second-order valence-corrected chi connectivity index (χ2v) is 4.88. The molecule has 2 aliphatic heterocycles. The number of ether oxygens (including phenoxy) is 3. The Hall–Kier alpha value is -0.240. The zero-order chi connectivity index (χ0) is 14.7. The lowest BCUT2D eigenvalue weighted by Gasteiger charge is -2.26. The Balaban J connectivity index is 0. The highest BCUT2D eigenvalue weighted by Crippen LogP contribution is 2.18. The summed E-state index contributed by atoms with van der Waals surface area (Å²) in [7, 11) is 2.70. The fraction of sp³-hybridized carbons (Fsp3) is 1.00. The van der Waals surface area contributed by atoms with Gasteiger partial charge in [-0.15, -0.1) is 0 Å². The van der Waals surface area contributed by atoms with Crippen molar-refractivity contribution in [3.05, 3.63) is 0 Å². The van der Waals surface area contributed by atoms with E-state index in [1.54, 1.807) is 7.11 Å². The van der Waals surface area contributed by atoms with Crippen LogP contribution in [0.4, 0.5) is 0 Å². The molecule has 0 aromatic carbocycles. The number of rotatable bonds is 1. The van der Waals surface area contributed by atoms with Crippen molar-refractivity contribution in [1.29, 1.82) is 0 Å². The highest BCUT2D eigenvalue weighted by Gasteiger charge is 2.17. The van der Waals surface area contributed by atoms with E-state index in [-0.39, 0.29) is 17.9 Å². The third-order valence-corrected chi connectivity index (χ3v) is 3.15. The van der Waals surface area contributed by atoms with Crippen LogP contribution in [0.1, 0.15) is 52.4 Å². The Morgan fingerprint density at radius 1 is 0.900 bits per heavy atom. The van der Waals surface area contributed by atoms with Crippen LogP contribution in [-0.2, 0) is 14.2 Å². The van der Waals surface area contributed by atoms with Gasteiger partial charge >= 0.3 is 0 Å². The first kappa shape index (κ1) is 22.0. The SMILES string of the molecule is CC1CCCC(O)O1.CO.COC1CCCC(C)O1.O. The standard InChI is InChI=1S/C7H14O2.C6H12O2.CH4O.H2O/c1-6-4-3-5-7(8-2)9-6;1-5-3-2-4-6(7)8-5;1-2;/h6-7H,3-5H2,1-2H3;5-7H,2-4H2,1H3;2H,1H3;1H2. The molecule has 2 saturated heterocycles. The molecule has 0 spiro atoms. The average Bonchev–Trinajstić information content (AvgIpc) is 2.41. The maximum absolute atomic E-state index is 8.86. The van der Waals surface area contributed by atoms with Crippen LogP contribution in [-0.4, -0.2) is 54.7 Å². The molecule has 0 bridgehead atoms. The average molecular weight is 296 g/mol. The summed E-state index contributed by atoms with van der Waals surface area (Å²) in [6.07, 6.45) is 6.71. The minimum atomic E-state index is -0.487. The van der Waals surface area contributed by atoms with Crippen LogP contribution in [0.2, 0.25) is 0 Å². The first-order valence-electron chi connectivity index (χ1n) is 7.08. The Kier molecular flexibility index (Phi) is 15.1. The number of methoxy groups -OCH3 is 1. The zero-order valence-corrected chi connectivity index (χ0v) is 13.2. The van der Waals surface area contributed by atoms with Crippen molar-refractivity contribution in [1.82, 2.24) is 0 Å². The van der Waals surface area contributed by atoms with Gasteiger partial charge < -0.3 is 29.9 Å². The maximum atomic E-state index is 8.86. The molecular weight excluding hydrogens is 264 g/mol. The van der Waals surface area contributed by atoms with Gasteiger partial charge in [-0.2, -0.15) is 0 Å². The normalized spacial score (nSPS) is 32.7. The van der Waals surface area contributed by atoms with E-state index >= 15 is 0 Å². The van der Waals surface area contributed by atoms with Gasteiger partial charge in [0.2, 0.25) is 0 Å². The lowest BCUT2D eigenvalue weighted by Crippen LogP contribution is -2.26. The molecule has 6 nitrogen and oxygen atoms in total. The molecule has 6 heteroatoms. The van der Waals surface area contributed by atoms with Crippen molar-refractivity contribution >= 4 is 0 Å². The van der Waals surface area contributed by atoms with Crippen LogP contribution < -0.4 is 0 Å². The van der Waals surface area contributed by atoms with Crippen LogP contribution in [0.3, 0.4) is 0 Å². The van der Waals surface area contributed by atoms with Gasteiger partial charge in [-0.25, -0.2) is 0 Å². The van der Waals surface area contributed by atoms with Gasteiger partial charge in [0.15, 0.2) is 12.6 Å². The maximum Gasteiger partial charge on any atom is 0.157 e. The summed E-state index contributed by atoms with van der Waals surface area (Å²) in [6.45, 7) is 4.08. The van der Waals surface area contributed by atoms with E-state index in [1.165, 1.54) is 12.8 Å². The minimum Gasteiger partial charge on any atom is -0.412 e. The molecule has 2 heterocycles. The summed E-state index contributed by atoms with van der Waals surface area (Å²) in [5.74, 6) is 0. The van der Waals surface area contributed by atoms with Crippen LogP contribution in [0.5, 0.6) is 0 Å². The third kappa shape index (κ3) is 10.5. The first-order chi connectivity index (χ1) is 9.11. The molecule has 4 N–H and O–H groups in total. The Morgan fingerprint density at radius 3 is 1.70 bits per heavy atom. The Labute approximate surface area is 122 Å². The highest BCUT2D eigenvalue weighted by atomic mass is 16.7. The first-order valence-corrected chi connectivity index (χ1v) is 7.08. The molecule has 2 fully saturated rings. The summed E-state index contributed by atoms with van der Waals surface area (Å²) in [4.78, 5) is 0. The lowest BCUT2D eigenvalue weighted by molar-refractivity contribution is -0.174. The summed E-state index contributed by atoms with van der Waals surface area (Å²) >= 11 is 0. The van der Waals surface area contributed by atoms with E-state index in [0.29, 0.717) is 6.10 Å². The molecule has 2 rings (SSSR count). The van der Waals surface area contributed by atoms with Gasteiger partial charge in [0.05, 0.1) is 12.2 Å². The summed E-state index contributed by atoms with van der Waals surface area (Å²) < 4.78 is 15.5. The topological polar surface area (TPSA) is 99.7 Å². The minimum absolute atomic E-state index is 0. The lowest BCUT2D eigenvalue weighted by atomic mass is 10.1. The van der Waals surface area contributed by atoms with Gasteiger partial charge in [0, 0.05) is 14.2 Å². The molecule has 0 aromatic rings. The molecule has 20 heavy (non-hydrogen) atoms. The molecule has 124 valence electrons. The quantitative estimate of drug-likeness (QED) is 0.758. The van der Waals surface area contributed by atoms with Gasteiger partial charge in [0.1, 0.15) is 0 Å². The predicted octanol–water partition coefficient (Wildman–Crippen LogP) is 1.23. The van der Waals surface area contributed by atoms with E-state index in [9.17, 15) is 0 Å². The molecule has 0 aromatic heterocycles. The van der Waals surface area contributed by atoms with Gasteiger partial charge in [-0.3, -0.25) is 0 Å². The molecule has 0 aliphatic carbocycles. The van der Waals surface area contributed by atoms with Gasteiger partial charge in [-0.1, -0.05) is 0 Å². The largest absolute Gasteiger partial charge is 0.412 e. The van der Waals surface area contributed by atoms with Crippen LogP contribution in [0.25, 0.3) is 0 Å². The Morgan fingerprint density at radius 2 is 1.40 bits per heavy atom. The summed E-state index contributed by atoms with van der Waals surface area (Å²) in [5.41, 5.74) is 0. The molecule has 0 radical (unpaired) electrons. The smallest absolute Gasteiger partial charge is 0.157 e. The van der Waals surface area contributed by atoms with Crippen molar-refractivity contribution in [2.45, 2.75) is 77.2 Å². The number of hydrogen-bond acceptors (Lipinski definition) is 5. The monoisotopic (exact) mass is 296 g/mol. The van der Waals surface area contributed by atoms with Crippen molar-refractivity contribution in [2.24, 2.45) is 0 Å². The van der Waals surface area contributed by atoms with Crippen LogP contribution in [0.15, 0.2) is 0 Å². The van der Waals surface area contributed by atoms with Crippen LogP contribution >= 0.6 is 0 Å². The van der Waals surface area contributed by atoms with Gasteiger partial charge in [-0.05, 0) is 52.4 Å². The van der Waals surface area contributed by atoms with Crippen molar-refractivity contribution in [3.8, 4) is 0 Å². The number of aliphatic hydroxyl groups excluding tert-OH is 2. The second kappa shape index (κ2) is 13.7. The van der Waals surface area contributed by atoms with Crippen molar-refractivity contribution < 1.29 is 29.9 Å². The molecule has 4 atom stereocenters. The zero-order valence-electron chi connectivity index (χ0n) is 13.2. The predicted molar refractivity (Wildman–Crippen MR) is 77.4 cm³/mol. The number of hydrogen-bond donors (Lipinski definition) is 2. The summed E-state index contributed by atoms with van der Waals surface area (Å²) in [6, 6.07) is 0. The third-order valence-electron chi connectivity index (χ3n) is 3.15. The fourth-order valence-electron chi connectivity index (χ4n) is 2.12. The van der Waals surface area contributed by atoms with E-state index < -0.39 is 6.29 Å². The number of aliphatic hydroxyl groups is 2. The molecule has 2 aliphatic rings. The molecule has 0 amide bonds. The van der Waals surface area contributed by atoms with E-state index in [2.05, 4.69) is 6.92 Å². The van der Waals surface area contributed by atoms with Crippen molar-refractivity contribution in [2.75, 3.05) is 14.2 Å². The van der Waals surface area contributed by atoms with E-state index in [4.69, 9.17) is 24.4 Å². The highest BCUT2D eigenvalue weighted by molar-refractivity contribution is 4.60. The van der Waals surface area contributed by atoms with Gasteiger partial charge in [0.25, 0.3) is 0 Å². The molecular formula is C14H32O6. The fourth-order valence-corrected chi connectivity index (χ4v) is 2.12. The van der Waals surface area contributed by atoms with Crippen LogP contribution in [0, 0.1) is 0 Å². The Bertz CT molecular complexity index is 194. The van der Waals surface area contributed by atoms with E-state index in [0.717, 1.165) is 32.8 Å². The molecule has 0 saturated carbocycles. The molecule has 4 unspecified atom stereocenters. The van der Waals surface area contributed by atoms with E-state index in [1.807, 2.05) is 6.92 Å². The van der Waals surface area contributed by atoms with Crippen molar-refractivity contribution in [3.63, 3.8) is 0 Å².